The topological polar surface area (TPSA) is 107 Å². The van der Waals surface area contributed by atoms with Crippen molar-refractivity contribution < 1.29 is 4.52 Å². The van der Waals surface area contributed by atoms with Crippen LogP contribution < -0.4 is 5.73 Å². The molecule has 0 saturated carbocycles. The van der Waals surface area contributed by atoms with E-state index in [0.717, 1.165) is 33.1 Å². The molecule has 3 N–H and O–H groups in total. The second-order valence-corrected chi connectivity index (χ2v) is 5.69. The van der Waals surface area contributed by atoms with E-state index in [1.807, 2.05) is 48.5 Å². The Balaban J connectivity index is 0.00000105. The predicted octanol–water partition coefficient (Wildman–Crippen LogP) is 4.25. The smallest absolute Gasteiger partial charge is 0.258 e. The molecule has 0 bridgehead atoms. The minimum atomic E-state index is 0. The van der Waals surface area contributed by atoms with Crippen molar-refractivity contribution in [3.63, 3.8) is 0 Å². The molecule has 5 rings (SSSR count). The van der Waals surface area contributed by atoms with Crippen LogP contribution in [0.2, 0.25) is 0 Å². The van der Waals surface area contributed by atoms with Gasteiger partial charge in [0.05, 0.1) is 16.6 Å². The van der Waals surface area contributed by atoms with Crippen LogP contribution in [0, 0.1) is 0 Å². The van der Waals surface area contributed by atoms with Gasteiger partial charge in [0.25, 0.3) is 5.89 Å². The van der Waals surface area contributed by atoms with Crippen molar-refractivity contribution in [2.75, 3.05) is 5.73 Å². The maximum Gasteiger partial charge on any atom is 0.258 e. The molecule has 0 unspecified atom stereocenters. The highest BCUT2D eigenvalue weighted by atomic mass is 35.5. The Labute approximate surface area is 165 Å². The van der Waals surface area contributed by atoms with Crippen LogP contribution in [0.25, 0.3) is 44.8 Å². The number of benzene rings is 2. The van der Waals surface area contributed by atoms with E-state index < -0.39 is 0 Å². The van der Waals surface area contributed by atoms with Crippen LogP contribution in [0.15, 0.2) is 59.3 Å². The zero-order valence-corrected chi connectivity index (χ0v) is 15.4. The number of halogens is 2. The van der Waals surface area contributed by atoms with E-state index in [1.54, 1.807) is 6.20 Å². The molecule has 0 aliphatic rings. The summed E-state index contributed by atoms with van der Waals surface area (Å²) < 4.78 is 5.43. The molecule has 0 amide bonds. The number of hydrogen-bond donors (Lipinski definition) is 2. The maximum absolute atomic E-state index is 5.68. The highest BCUT2D eigenvalue weighted by Crippen LogP contribution is 2.26. The van der Waals surface area contributed by atoms with E-state index in [9.17, 15) is 0 Å². The third-order valence-electron chi connectivity index (χ3n) is 4.03. The molecule has 0 saturated heterocycles. The van der Waals surface area contributed by atoms with Crippen molar-refractivity contribution in [3.8, 4) is 22.8 Å². The summed E-state index contributed by atoms with van der Waals surface area (Å²) >= 11 is 0. The molecule has 3 aromatic heterocycles. The SMILES string of the molecule is Cl.Cl.Nc1nc2ccc(-c3nc(-c4ccc5ncccc5c4)no3)cc2[nH]1. The molecule has 0 aliphatic heterocycles. The molecule has 136 valence electrons. The van der Waals surface area contributed by atoms with Crippen LogP contribution in [0.3, 0.4) is 0 Å². The average molecular weight is 401 g/mol. The zero-order chi connectivity index (χ0) is 16.8. The van der Waals surface area contributed by atoms with Crippen molar-refractivity contribution in [1.82, 2.24) is 25.1 Å². The number of H-pyrrole nitrogens is 1. The van der Waals surface area contributed by atoms with Crippen molar-refractivity contribution in [2.24, 2.45) is 0 Å². The van der Waals surface area contributed by atoms with E-state index in [0.29, 0.717) is 17.7 Å². The van der Waals surface area contributed by atoms with Gasteiger partial charge in [-0.25, -0.2) is 4.98 Å². The zero-order valence-electron chi connectivity index (χ0n) is 13.8. The van der Waals surface area contributed by atoms with Gasteiger partial charge in [-0.15, -0.1) is 24.8 Å². The highest BCUT2D eigenvalue weighted by Gasteiger charge is 2.12. The van der Waals surface area contributed by atoms with Gasteiger partial charge in [0, 0.05) is 22.7 Å². The van der Waals surface area contributed by atoms with E-state index in [-0.39, 0.29) is 24.8 Å². The number of rotatable bonds is 2. The second-order valence-electron chi connectivity index (χ2n) is 5.69. The summed E-state index contributed by atoms with van der Waals surface area (Å²) in [7, 11) is 0. The average Bonchev–Trinajstić information content (AvgIpc) is 3.26. The van der Waals surface area contributed by atoms with Crippen LogP contribution in [-0.4, -0.2) is 25.1 Å². The fourth-order valence-electron chi connectivity index (χ4n) is 2.84. The third-order valence-corrected chi connectivity index (χ3v) is 4.03. The number of nitrogens with two attached hydrogens (primary N) is 1. The van der Waals surface area contributed by atoms with Gasteiger partial charge >= 0.3 is 0 Å². The van der Waals surface area contributed by atoms with Gasteiger partial charge < -0.3 is 15.2 Å². The van der Waals surface area contributed by atoms with Crippen molar-refractivity contribution in [1.29, 1.82) is 0 Å². The van der Waals surface area contributed by atoms with E-state index in [2.05, 4.69) is 25.1 Å². The largest absolute Gasteiger partial charge is 0.369 e. The van der Waals surface area contributed by atoms with Gasteiger partial charge in [-0.2, -0.15) is 4.98 Å². The summed E-state index contributed by atoms with van der Waals surface area (Å²) in [5.41, 5.74) is 9.91. The lowest BCUT2D eigenvalue weighted by Crippen LogP contribution is -1.84. The van der Waals surface area contributed by atoms with Crippen molar-refractivity contribution >= 4 is 52.7 Å². The molecule has 27 heavy (non-hydrogen) atoms. The summed E-state index contributed by atoms with van der Waals surface area (Å²) in [6.45, 7) is 0. The monoisotopic (exact) mass is 400 g/mol. The first-order valence-electron chi connectivity index (χ1n) is 7.71. The molecule has 0 fully saturated rings. The number of nitrogens with zero attached hydrogens (tertiary/aromatic N) is 4. The third kappa shape index (κ3) is 3.30. The van der Waals surface area contributed by atoms with Gasteiger partial charge in [-0.1, -0.05) is 11.2 Å². The first-order valence-corrected chi connectivity index (χ1v) is 7.71. The number of aromatic nitrogens is 5. The Hall–Kier alpha value is -3.16. The first-order chi connectivity index (χ1) is 12.3. The second kappa shape index (κ2) is 7.22. The van der Waals surface area contributed by atoms with Crippen molar-refractivity contribution in [2.45, 2.75) is 0 Å². The summed E-state index contributed by atoms with van der Waals surface area (Å²) in [5.74, 6) is 1.35. The molecule has 7 nitrogen and oxygen atoms in total. The van der Waals surface area contributed by atoms with Crippen LogP contribution in [0.4, 0.5) is 5.95 Å². The molecule has 0 aliphatic carbocycles. The number of imidazole rings is 1. The fraction of sp³-hybridized carbons (Fsp3) is 0. The van der Waals surface area contributed by atoms with Gasteiger partial charge in [-0.3, -0.25) is 4.98 Å². The Morgan fingerprint density at radius 1 is 0.889 bits per heavy atom. The van der Waals surface area contributed by atoms with Crippen molar-refractivity contribution in [3.05, 3.63) is 54.7 Å². The Bertz CT molecular complexity index is 1230. The van der Waals surface area contributed by atoms with E-state index in [4.69, 9.17) is 10.3 Å². The lowest BCUT2D eigenvalue weighted by molar-refractivity contribution is 0.432. The summed E-state index contributed by atoms with van der Waals surface area (Å²) in [6, 6.07) is 15.4. The molecular formula is C18H14Cl2N6O. The Morgan fingerprint density at radius 2 is 1.70 bits per heavy atom. The fourth-order valence-corrected chi connectivity index (χ4v) is 2.84. The van der Waals surface area contributed by atoms with Crippen LogP contribution >= 0.6 is 24.8 Å². The Morgan fingerprint density at radius 3 is 2.59 bits per heavy atom. The molecule has 0 spiro atoms. The summed E-state index contributed by atoms with van der Waals surface area (Å²) in [4.78, 5) is 16.0. The van der Waals surface area contributed by atoms with E-state index in [1.165, 1.54) is 0 Å². The highest BCUT2D eigenvalue weighted by molar-refractivity contribution is 5.86. The maximum atomic E-state index is 5.68. The molecular weight excluding hydrogens is 387 g/mol. The number of nitrogens with one attached hydrogen (secondary N) is 1. The first kappa shape index (κ1) is 18.6. The molecule has 2 aromatic carbocycles. The number of pyridine rings is 1. The number of fused-ring (bicyclic) bond motifs is 2. The minimum absolute atomic E-state index is 0. The van der Waals surface area contributed by atoms with Gasteiger partial charge in [0.1, 0.15) is 0 Å². The van der Waals surface area contributed by atoms with Gasteiger partial charge in [0.15, 0.2) is 5.95 Å². The summed E-state index contributed by atoms with van der Waals surface area (Å²) in [6.07, 6.45) is 1.77. The predicted molar refractivity (Wildman–Crippen MR) is 109 cm³/mol. The number of anilines is 1. The van der Waals surface area contributed by atoms with Gasteiger partial charge in [-0.05, 0) is 42.5 Å². The standard InChI is InChI=1S/C18H12N6O.2ClH/c19-18-21-14-6-4-12(9-15(14)22-18)17-23-16(24-25-17)11-3-5-13-10(8-11)2-1-7-20-13;;/h1-9H,(H3,19,21,22);2*1H. The van der Waals surface area contributed by atoms with Crippen LogP contribution in [0.5, 0.6) is 0 Å². The molecule has 0 radical (unpaired) electrons. The van der Waals surface area contributed by atoms with Crippen LogP contribution in [0.1, 0.15) is 0 Å². The molecule has 3 heterocycles. The minimum Gasteiger partial charge on any atom is -0.369 e. The molecule has 5 aromatic rings. The molecule has 0 atom stereocenters. The van der Waals surface area contributed by atoms with Crippen LogP contribution in [-0.2, 0) is 0 Å². The molecule has 9 heteroatoms. The van der Waals surface area contributed by atoms with Gasteiger partial charge in [0.2, 0.25) is 5.82 Å². The number of hydrogen-bond acceptors (Lipinski definition) is 6. The quantitative estimate of drug-likeness (QED) is 0.458. The number of nitrogen functional groups attached to an aromatic ring is 1. The lowest BCUT2D eigenvalue weighted by atomic mass is 10.1. The Kier molecular flexibility index (Phi) is 4.98. The summed E-state index contributed by atoms with van der Waals surface area (Å²) in [5, 5.41) is 5.13. The van der Waals surface area contributed by atoms with E-state index >= 15 is 0 Å². The number of aromatic amines is 1. The lowest BCUT2D eigenvalue weighted by Gasteiger charge is -1.98. The normalized spacial score (nSPS) is 10.5.